The molecular weight excluding hydrogens is 414 g/mol. The van der Waals surface area contributed by atoms with Crippen LogP contribution in [0.15, 0.2) is 30.3 Å². The minimum absolute atomic E-state index is 0.308. The molecule has 1 amide bonds. The predicted molar refractivity (Wildman–Crippen MR) is 104 cm³/mol. The molecule has 0 spiro atoms. The van der Waals surface area contributed by atoms with Gasteiger partial charge >= 0.3 is 12.1 Å². The Bertz CT molecular complexity index is 783. The molecular formula is C20H27NO10. The van der Waals surface area contributed by atoms with Crippen LogP contribution in [0.5, 0.6) is 0 Å². The first-order valence-corrected chi connectivity index (χ1v) is 9.56. The van der Waals surface area contributed by atoms with Gasteiger partial charge in [0, 0.05) is 5.56 Å². The zero-order valence-electron chi connectivity index (χ0n) is 17.3. The number of nitrogens with one attached hydrogen (secondary N) is 1. The summed E-state index contributed by atoms with van der Waals surface area (Å²) in [4.78, 5) is 35.6. The molecule has 1 aromatic rings. The fourth-order valence-electron chi connectivity index (χ4n) is 2.88. The van der Waals surface area contributed by atoms with Crippen LogP contribution in [0.4, 0.5) is 4.79 Å². The molecule has 1 aliphatic heterocycles. The second-order valence-electron chi connectivity index (χ2n) is 7.79. The highest BCUT2D eigenvalue weighted by atomic mass is 16.7. The standard InChI is InChI=1S/C20H27NO10/c1-10(12(22)11-7-5-4-6-8-11)21-19(28)31-20(2,3)9-29-18-15(25)13(23)14(24)16(30-18)17(26)27/h4-8,10,13-16,18,23-25H,9H2,1-3H3,(H,21,28)(H,26,27)/t10?,13-,14-,15+,16-,18+/m0/s1. The highest BCUT2D eigenvalue weighted by molar-refractivity contribution is 6.01. The normalized spacial score (nSPS) is 27.2. The summed E-state index contributed by atoms with van der Waals surface area (Å²) < 4.78 is 15.6. The van der Waals surface area contributed by atoms with E-state index in [1.54, 1.807) is 30.3 Å². The number of hydrogen-bond acceptors (Lipinski definition) is 9. The maximum absolute atomic E-state index is 12.3. The third-order valence-electron chi connectivity index (χ3n) is 4.56. The van der Waals surface area contributed by atoms with E-state index < -0.39 is 54.4 Å². The second-order valence-corrected chi connectivity index (χ2v) is 7.79. The molecule has 1 aliphatic rings. The summed E-state index contributed by atoms with van der Waals surface area (Å²) in [6.07, 6.45) is -9.65. The van der Waals surface area contributed by atoms with Crippen LogP contribution < -0.4 is 5.32 Å². The van der Waals surface area contributed by atoms with Crippen molar-refractivity contribution in [3.63, 3.8) is 0 Å². The maximum atomic E-state index is 12.3. The lowest BCUT2D eigenvalue weighted by molar-refractivity contribution is -0.300. The van der Waals surface area contributed by atoms with Gasteiger partial charge in [-0.1, -0.05) is 30.3 Å². The number of carboxylic acids is 1. The van der Waals surface area contributed by atoms with E-state index in [9.17, 15) is 29.7 Å². The number of amides is 1. The van der Waals surface area contributed by atoms with E-state index in [2.05, 4.69) is 5.32 Å². The van der Waals surface area contributed by atoms with Crippen molar-refractivity contribution >= 4 is 17.8 Å². The largest absolute Gasteiger partial charge is 0.479 e. The van der Waals surface area contributed by atoms with Gasteiger partial charge in [0.25, 0.3) is 0 Å². The van der Waals surface area contributed by atoms with Crippen molar-refractivity contribution in [3.05, 3.63) is 35.9 Å². The van der Waals surface area contributed by atoms with Crippen molar-refractivity contribution in [3.8, 4) is 0 Å². The molecule has 1 fully saturated rings. The van der Waals surface area contributed by atoms with Crippen LogP contribution in [-0.4, -0.2) is 87.2 Å². The summed E-state index contributed by atoms with van der Waals surface area (Å²) in [5.41, 5.74) is -0.849. The summed E-state index contributed by atoms with van der Waals surface area (Å²) in [5.74, 6) is -1.85. The van der Waals surface area contributed by atoms with E-state index in [4.69, 9.17) is 19.3 Å². The zero-order valence-corrected chi connectivity index (χ0v) is 17.3. The first-order chi connectivity index (χ1) is 14.4. The molecule has 1 unspecified atom stereocenters. The van der Waals surface area contributed by atoms with Crippen LogP contribution in [0.2, 0.25) is 0 Å². The smallest absolute Gasteiger partial charge is 0.408 e. The Labute approximate surface area is 178 Å². The van der Waals surface area contributed by atoms with Crippen molar-refractivity contribution in [1.29, 1.82) is 0 Å². The average Bonchev–Trinajstić information content (AvgIpc) is 2.70. The van der Waals surface area contributed by atoms with Gasteiger partial charge in [-0.05, 0) is 20.8 Å². The Kier molecular flexibility index (Phi) is 8.09. The third kappa shape index (κ3) is 6.45. The van der Waals surface area contributed by atoms with Crippen LogP contribution in [0, 0.1) is 0 Å². The molecule has 0 aromatic heterocycles. The summed E-state index contributed by atoms with van der Waals surface area (Å²) >= 11 is 0. The number of hydrogen-bond donors (Lipinski definition) is 5. The molecule has 0 radical (unpaired) electrons. The number of carboxylic acid groups (broad SMARTS) is 1. The number of Topliss-reactive ketones (excluding diaryl/α,β-unsaturated/α-hetero) is 1. The Balaban J connectivity index is 1.89. The molecule has 0 aliphatic carbocycles. The topological polar surface area (TPSA) is 172 Å². The number of aliphatic carboxylic acids is 1. The molecule has 1 heterocycles. The van der Waals surface area contributed by atoms with E-state index in [0.29, 0.717) is 5.56 Å². The molecule has 11 nitrogen and oxygen atoms in total. The molecule has 6 atom stereocenters. The molecule has 0 saturated carbocycles. The molecule has 1 aromatic carbocycles. The lowest BCUT2D eigenvalue weighted by Gasteiger charge is -2.39. The van der Waals surface area contributed by atoms with Crippen LogP contribution in [0.3, 0.4) is 0 Å². The molecule has 31 heavy (non-hydrogen) atoms. The van der Waals surface area contributed by atoms with E-state index in [-0.39, 0.29) is 12.4 Å². The van der Waals surface area contributed by atoms with Crippen LogP contribution in [0.1, 0.15) is 31.1 Å². The van der Waals surface area contributed by atoms with Crippen LogP contribution >= 0.6 is 0 Å². The number of ketones is 1. The van der Waals surface area contributed by atoms with Crippen molar-refractivity contribution in [1.82, 2.24) is 5.32 Å². The van der Waals surface area contributed by atoms with Crippen LogP contribution in [-0.2, 0) is 19.0 Å². The van der Waals surface area contributed by atoms with Gasteiger partial charge in [-0.2, -0.15) is 0 Å². The Hall–Kier alpha value is -2.57. The summed E-state index contributed by atoms with van der Waals surface area (Å²) in [6, 6.07) is 7.54. The summed E-state index contributed by atoms with van der Waals surface area (Å²) in [5, 5.41) is 40.9. The van der Waals surface area contributed by atoms with Crippen molar-refractivity contribution in [2.24, 2.45) is 0 Å². The minimum atomic E-state index is -1.84. The Morgan fingerprint density at radius 1 is 1.10 bits per heavy atom. The molecule has 1 saturated heterocycles. The number of carbonyl (C=O) groups is 3. The number of aliphatic hydroxyl groups excluding tert-OH is 3. The van der Waals surface area contributed by atoms with Gasteiger partial charge < -0.3 is 40.0 Å². The van der Waals surface area contributed by atoms with Crippen molar-refractivity contribution in [2.45, 2.75) is 63.1 Å². The number of carbonyl (C=O) groups excluding carboxylic acids is 2. The number of ether oxygens (including phenoxy) is 3. The zero-order chi connectivity index (χ0) is 23.3. The van der Waals surface area contributed by atoms with Gasteiger partial charge in [0.1, 0.15) is 23.9 Å². The van der Waals surface area contributed by atoms with Gasteiger partial charge in [-0.25, -0.2) is 9.59 Å². The molecule has 2 rings (SSSR count). The van der Waals surface area contributed by atoms with E-state index in [0.717, 1.165) is 0 Å². The fraction of sp³-hybridized carbons (Fsp3) is 0.550. The van der Waals surface area contributed by atoms with E-state index in [1.165, 1.54) is 20.8 Å². The number of alkyl carbamates (subject to hydrolysis) is 1. The van der Waals surface area contributed by atoms with Crippen molar-refractivity contribution < 1.29 is 49.0 Å². The Morgan fingerprint density at radius 2 is 1.71 bits per heavy atom. The first-order valence-electron chi connectivity index (χ1n) is 9.56. The first kappa shape index (κ1) is 24.7. The highest BCUT2D eigenvalue weighted by Gasteiger charge is 2.48. The fourth-order valence-corrected chi connectivity index (χ4v) is 2.88. The summed E-state index contributed by atoms with van der Waals surface area (Å²) in [7, 11) is 0. The molecule has 5 N–H and O–H groups in total. The van der Waals surface area contributed by atoms with Gasteiger partial charge in [0.05, 0.1) is 12.6 Å². The summed E-state index contributed by atoms with van der Waals surface area (Å²) in [6.45, 7) is 4.11. The number of rotatable bonds is 8. The van der Waals surface area contributed by atoms with E-state index >= 15 is 0 Å². The molecule has 0 bridgehead atoms. The number of aliphatic hydroxyl groups is 3. The third-order valence-corrected chi connectivity index (χ3v) is 4.56. The van der Waals surface area contributed by atoms with Gasteiger partial charge in [-0.3, -0.25) is 4.79 Å². The molecule has 11 heteroatoms. The van der Waals surface area contributed by atoms with Gasteiger partial charge in [0.2, 0.25) is 0 Å². The van der Waals surface area contributed by atoms with Gasteiger partial charge in [-0.15, -0.1) is 0 Å². The second kappa shape index (κ2) is 10.2. The minimum Gasteiger partial charge on any atom is -0.479 e. The monoisotopic (exact) mass is 441 g/mol. The average molecular weight is 441 g/mol. The predicted octanol–water partition coefficient (Wildman–Crippen LogP) is -0.329. The SMILES string of the molecule is CC(NC(=O)OC(C)(C)CO[C@@H]1O[C@H](C(=O)O)[C@@H](O)[C@H](O)[C@H]1O)C(=O)c1ccccc1. The lowest BCUT2D eigenvalue weighted by atomic mass is 9.99. The molecule has 172 valence electrons. The quantitative estimate of drug-likeness (QED) is 0.336. The van der Waals surface area contributed by atoms with E-state index in [1.807, 2.05) is 0 Å². The number of benzene rings is 1. The Morgan fingerprint density at radius 3 is 2.29 bits per heavy atom. The highest BCUT2D eigenvalue weighted by Crippen LogP contribution is 2.24. The van der Waals surface area contributed by atoms with Crippen LogP contribution in [0.25, 0.3) is 0 Å². The lowest BCUT2D eigenvalue weighted by Crippen LogP contribution is -2.60. The van der Waals surface area contributed by atoms with Crippen molar-refractivity contribution in [2.75, 3.05) is 6.61 Å². The van der Waals surface area contributed by atoms with Gasteiger partial charge in [0.15, 0.2) is 18.2 Å². The maximum Gasteiger partial charge on any atom is 0.408 e.